The minimum absolute atomic E-state index is 0.220. The molecule has 31 heavy (non-hydrogen) atoms. The number of aliphatic hydroxyl groups excluding tert-OH is 1. The maximum atomic E-state index is 13.0. The maximum Gasteiger partial charge on any atom is 0.420 e. The summed E-state index contributed by atoms with van der Waals surface area (Å²) in [5, 5.41) is 13.3. The van der Waals surface area contributed by atoms with Crippen LogP contribution in [-0.4, -0.2) is 33.3 Å². The van der Waals surface area contributed by atoms with E-state index < -0.39 is 36.0 Å². The smallest absolute Gasteiger partial charge is 0.378 e. The lowest BCUT2D eigenvalue weighted by atomic mass is 9.99. The van der Waals surface area contributed by atoms with Gasteiger partial charge in [-0.3, -0.25) is 9.78 Å². The molecule has 1 aliphatic rings. The second kappa shape index (κ2) is 7.72. The Hall–Kier alpha value is -2.78. The van der Waals surface area contributed by atoms with Gasteiger partial charge in [0.1, 0.15) is 12.0 Å². The molecule has 1 fully saturated rings. The van der Waals surface area contributed by atoms with Crippen LogP contribution in [0.2, 0.25) is 5.02 Å². The monoisotopic (exact) mass is 453 g/mol. The van der Waals surface area contributed by atoms with Crippen molar-refractivity contribution in [2.75, 3.05) is 5.32 Å². The van der Waals surface area contributed by atoms with Gasteiger partial charge < -0.3 is 10.4 Å². The number of anilines is 1. The fourth-order valence-corrected chi connectivity index (χ4v) is 3.52. The third-order valence-electron chi connectivity index (χ3n) is 5.19. The van der Waals surface area contributed by atoms with Crippen LogP contribution in [0.5, 0.6) is 0 Å². The second-order valence-corrected chi connectivity index (χ2v) is 7.80. The van der Waals surface area contributed by atoms with E-state index in [2.05, 4.69) is 15.3 Å². The van der Waals surface area contributed by atoms with Gasteiger partial charge in [0.2, 0.25) is 5.91 Å². The lowest BCUT2D eigenvalue weighted by Crippen LogP contribution is -2.22. The fraction of sp³-hybridized carbons (Fsp3) is 0.286. The number of benzene rings is 1. The number of carbonyl (C=O) groups excluding carboxylic acids is 1. The molecule has 2 aromatic heterocycles. The average molecular weight is 454 g/mol. The minimum Gasteiger partial charge on any atom is -0.378 e. The molecular weight excluding hydrogens is 438 g/mol. The quantitative estimate of drug-likeness (QED) is 0.536. The van der Waals surface area contributed by atoms with Crippen molar-refractivity contribution < 1.29 is 27.5 Å². The number of fused-ring (bicyclic) bond motifs is 1. The number of nitrogens with zero attached hydrogens (tertiary/aromatic N) is 2. The molecule has 162 valence electrons. The van der Waals surface area contributed by atoms with Gasteiger partial charge in [0.15, 0.2) is 6.10 Å². The number of aliphatic hydroxyl groups is 1. The number of nitrogens with one attached hydrogen (secondary N) is 1. The number of pyridine rings is 2. The molecule has 1 aliphatic carbocycles. The molecule has 0 aliphatic heterocycles. The number of rotatable bonds is 4. The van der Waals surface area contributed by atoms with E-state index in [1.807, 2.05) is 0 Å². The molecule has 0 radical (unpaired) electrons. The summed E-state index contributed by atoms with van der Waals surface area (Å²) in [6, 6.07) is 6.88. The number of amides is 1. The van der Waals surface area contributed by atoms with Crippen molar-refractivity contribution in [2.24, 2.45) is 5.92 Å². The Balaban J connectivity index is 1.63. The Morgan fingerprint density at radius 1 is 1.23 bits per heavy atom. The van der Waals surface area contributed by atoms with Crippen molar-refractivity contribution in [1.29, 1.82) is 0 Å². The molecule has 0 bridgehead atoms. The highest BCUT2D eigenvalue weighted by molar-refractivity contribution is 6.32. The van der Waals surface area contributed by atoms with E-state index in [0.29, 0.717) is 27.9 Å². The first-order chi connectivity index (χ1) is 14.6. The summed E-state index contributed by atoms with van der Waals surface area (Å²) >= 11 is 6.08. The Morgan fingerprint density at radius 3 is 2.58 bits per heavy atom. The van der Waals surface area contributed by atoms with E-state index in [4.69, 9.17) is 11.6 Å². The molecule has 0 saturated heterocycles. The molecule has 1 aromatic carbocycles. The topological polar surface area (TPSA) is 75.1 Å². The van der Waals surface area contributed by atoms with Gasteiger partial charge in [-0.05, 0) is 42.0 Å². The molecule has 0 unspecified atom stereocenters. The summed E-state index contributed by atoms with van der Waals surface area (Å²) in [6.45, 7) is 1.54. The fourth-order valence-electron chi connectivity index (χ4n) is 3.27. The molecule has 0 spiro atoms. The van der Waals surface area contributed by atoms with Gasteiger partial charge in [0.25, 0.3) is 0 Å². The normalized spacial score (nSPS) is 19.3. The molecule has 3 aromatic rings. The SMILES string of the molecule is Cc1c(-c2ccc3cc(NC(=O)[C@@H]4C[C@@H]4F)ncc3c2)cnc([C@@H](O)C(F)(F)F)c1Cl. The molecule has 1 amide bonds. The van der Waals surface area contributed by atoms with Gasteiger partial charge >= 0.3 is 6.18 Å². The summed E-state index contributed by atoms with van der Waals surface area (Å²) in [5.41, 5.74) is 0.843. The van der Waals surface area contributed by atoms with E-state index in [9.17, 15) is 27.5 Å². The highest BCUT2D eigenvalue weighted by Gasteiger charge is 2.44. The van der Waals surface area contributed by atoms with E-state index in [-0.39, 0.29) is 11.4 Å². The molecule has 4 rings (SSSR count). The molecule has 2 heterocycles. The second-order valence-electron chi connectivity index (χ2n) is 7.42. The standard InChI is InChI=1S/C21H16ClF4N3O2/c1-9-14(8-28-18(17(9)22)19(30)21(24,25)26)11-3-2-10-5-16(27-7-12(10)4-11)29-20(31)13-6-15(13)23/h2-5,7-8,13,15,19,30H,6H2,1H3,(H,27,29,31)/t13-,15+,19-/m1/s1. The lowest BCUT2D eigenvalue weighted by Gasteiger charge is -2.18. The Bertz CT molecular complexity index is 1190. The van der Waals surface area contributed by atoms with Crippen LogP contribution < -0.4 is 5.32 Å². The number of hydrogen-bond donors (Lipinski definition) is 2. The van der Waals surface area contributed by atoms with Crippen molar-refractivity contribution in [3.8, 4) is 11.1 Å². The predicted molar refractivity (Wildman–Crippen MR) is 107 cm³/mol. The van der Waals surface area contributed by atoms with Crippen LogP contribution in [0.1, 0.15) is 23.8 Å². The molecule has 3 atom stereocenters. The average Bonchev–Trinajstić information content (AvgIpc) is 3.45. The number of carbonyl (C=O) groups is 1. The highest BCUT2D eigenvalue weighted by Crippen LogP contribution is 2.39. The van der Waals surface area contributed by atoms with Crippen LogP contribution in [-0.2, 0) is 4.79 Å². The van der Waals surface area contributed by atoms with Gasteiger partial charge in [0, 0.05) is 23.3 Å². The van der Waals surface area contributed by atoms with Crippen LogP contribution in [0, 0.1) is 12.8 Å². The zero-order chi connectivity index (χ0) is 22.5. The third-order valence-corrected chi connectivity index (χ3v) is 5.67. The lowest BCUT2D eigenvalue weighted by molar-refractivity contribution is -0.207. The van der Waals surface area contributed by atoms with Crippen LogP contribution in [0.15, 0.2) is 36.7 Å². The minimum atomic E-state index is -4.88. The van der Waals surface area contributed by atoms with Crippen LogP contribution in [0.25, 0.3) is 21.9 Å². The summed E-state index contributed by atoms with van der Waals surface area (Å²) in [5.74, 6) is -0.733. The van der Waals surface area contributed by atoms with E-state index >= 15 is 0 Å². The third kappa shape index (κ3) is 4.20. The predicted octanol–water partition coefficient (Wildman–Crippen LogP) is 5.15. The Morgan fingerprint density at radius 2 is 1.94 bits per heavy atom. The first-order valence-corrected chi connectivity index (χ1v) is 9.69. The van der Waals surface area contributed by atoms with Crippen LogP contribution >= 0.6 is 11.6 Å². The Kier molecular flexibility index (Phi) is 5.35. The van der Waals surface area contributed by atoms with E-state index in [1.165, 1.54) is 12.4 Å². The van der Waals surface area contributed by atoms with Gasteiger partial charge in [-0.15, -0.1) is 0 Å². The van der Waals surface area contributed by atoms with E-state index in [1.54, 1.807) is 31.2 Å². The number of alkyl halides is 4. The molecule has 10 heteroatoms. The highest BCUT2D eigenvalue weighted by atomic mass is 35.5. The van der Waals surface area contributed by atoms with Crippen molar-refractivity contribution in [2.45, 2.75) is 31.8 Å². The number of aromatic nitrogens is 2. The van der Waals surface area contributed by atoms with E-state index in [0.717, 1.165) is 5.39 Å². The first kappa shape index (κ1) is 21.5. The van der Waals surface area contributed by atoms with Gasteiger partial charge in [-0.1, -0.05) is 23.7 Å². The van der Waals surface area contributed by atoms with Crippen molar-refractivity contribution in [3.63, 3.8) is 0 Å². The first-order valence-electron chi connectivity index (χ1n) is 9.31. The van der Waals surface area contributed by atoms with Gasteiger partial charge in [0.05, 0.1) is 16.6 Å². The van der Waals surface area contributed by atoms with Gasteiger partial charge in [-0.2, -0.15) is 13.2 Å². The maximum absolute atomic E-state index is 13.0. The zero-order valence-corrected chi connectivity index (χ0v) is 16.8. The number of hydrogen-bond acceptors (Lipinski definition) is 4. The van der Waals surface area contributed by atoms with Crippen molar-refractivity contribution in [1.82, 2.24) is 9.97 Å². The molecule has 1 saturated carbocycles. The van der Waals surface area contributed by atoms with Crippen molar-refractivity contribution >= 4 is 34.1 Å². The zero-order valence-electron chi connectivity index (χ0n) is 16.0. The van der Waals surface area contributed by atoms with Gasteiger partial charge in [-0.25, -0.2) is 9.37 Å². The van der Waals surface area contributed by atoms with Crippen molar-refractivity contribution in [3.05, 3.63) is 52.9 Å². The Labute approximate surface area is 179 Å². The summed E-state index contributed by atoms with van der Waals surface area (Å²) in [4.78, 5) is 19.8. The molecule has 2 N–H and O–H groups in total. The van der Waals surface area contributed by atoms with Crippen LogP contribution in [0.4, 0.5) is 23.4 Å². The molecule has 5 nitrogen and oxygen atoms in total. The summed E-state index contributed by atoms with van der Waals surface area (Å²) in [6.07, 6.45) is -5.77. The summed E-state index contributed by atoms with van der Waals surface area (Å²) < 4.78 is 51.5. The molecular formula is C21H16ClF4N3O2. The number of halogens is 5. The summed E-state index contributed by atoms with van der Waals surface area (Å²) in [7, 11) is 0. The largest absolute Gasteiger partial charge is 0.420 e. The van der Waals surface area contributed by atoms with Crippen LogP contribution in [0.3, 0.4) is 0 Å².